The number of nitrogens with one attached hydrogen (secondary N) is 1. The smallest absolute Gasteiger partial charge is 0.0466 e. The monoisotopic (exact) mass is 261 g/mol. The van der Waals surface area contributed by atoms with Gasteiger partial charge in [-0.3, -0.25) is 0 Å². The molecule has 1 fully saturated rings. The Hall–Kier alpha value is -0.860. The highest BCUT2D eigenvalue weighted by molar-refractivity contribution is 5.24. The summed E-state index contributed by atoms with van der Waals surface area (Å²) in [4.78, 5) is 0. The Bertz CT molecular complexity index is 356. The van der Waals surface area contributed by atoms with Crippen LogP contribution in [0.3, 0.4) is 0 Å². The predicted octanol–water partition coefficient (Wildman–Crippen LogP) is 3.65. The van der Waals surface area contributed by atoms with Gasteiger partial charge in [-0.2, -0.15) is 0 Å². The van der Waals surface area contributed by atoms with Crippen molar-refractivity contribution in [3.8, 4) is 0 Å². The van der Waals surface area contributed by atoms with Crippen molar-refractivity contribution in [3.05, 3.63) is 35.4 Å². The minimum Gasteiger partial charge on any atom is -0.382 e. The molecule has 1 aliphatic rings. The zero-order valence-electron chi connectivity index (χ0n) is 12.3. The average Bonchev–Trinajstić information content (AvgIpc) is 3.23. The molecule has 0 amide bonds. The van der Waals surface area contributed by atoms with Gasteiger partial charge in [0.05, 0.1) is 0 Å². The molecular formula is C17H27NO. The predicted molar refractivity (Wildman–Crippen MR) is 80.7 cm³/mol. The molecule has 0 aliphatic heterocycles. The number of benzene rings is 1. The zero-order valence-corrected chi connectivity index (χ0v) is 12.3. The second-order valence-electron chi connectivity index (χ2n) is 5.63. The minimum atomic E-state index is 0.627. The van der Waals surface area contributed by atoms with Gasteiger partial charge in [-0.25, -0.2) is 0 Å². The molecule has 1 N–H and O–H groups in total. The van der Waals surface area contributed by atoms with Gasteiger partial charge in [-0.1, -0.05) is 29.8 Å². The summed E-state index contributed by atoms with van der Waals surface area (Å²) in [5.41, 5.74) is 2.81. The van der Waals surface area contributed by atoms with Crippen LogP contribution in [0.5, 0.6) is 0 Å². The molecule has 0 aromatic heterocycles. The molecule has 2 heteroatoms. The lowest BCUT2D eigenvalue weighted by Gasteiger charge is -2.18. The Balaban J connectivity index is 1.85. The Labute approximate surface area is 117 Å². The molecule has 1 aliphatic carbocycles. The maximum atomic E-state index is 5.46. The molecule has 1 unspecified atom stereocenters. The molecule has 106 valence electrons. The van der Waals surface area contributed by atoms with Crippen LogP contribution in [0.15, 0.2) is 24.3 Å². The summed E-state index contributed by atoms with van der Waals surface area (Å²) < 4.78 is 5.46. The summed E-state index contributed by atoms with van der Waals surface area (Å²) in [6.45, 7) is 7.04. The quantitative estimate of drug-likeness (QED) is 0.685. The Kier molecular flexibility index (Phi) is 5.87. The summed E-state index contributed by atoms with van der Waals surface area (Å²) >= 11 is 0. The minimum absolute atomic E-state index is 0.627. The summed E-state index contributed by atoms with van der Waals surface area (Å²) in [6.07, 6.45) is 5.08. The highest BCUT2D eigenvalue weighted by Gasteiger charge is 2.22. The van der Waals surface area contributed by atoms with Crippen LogP contribution in [0.4, 0.5) is 0 Å². The van der Waals surface area contributed by atoms with E-state index in [0.717, 1.165) is 32.2 Å². The van der Waals surface area contributed by atoms with Crippen LogP contribution in [-0.4, -0.2) is 25.8 Å². The molecule has 0 spiro atoms. The lowest BCUT2D eigenvalue weighted by atomic mass is 9.93. The molecule has 1 aromatic carbocycles. The van der Waals surface area contributed by atoms with Crippen LogP contribution in [-0.2, 0) is 4.74 Å². The van der Waals surface area contributed by atoms with Gasteiger partial charge in [0.1, 0.15) is 0 Å². The van der Waals surface area contributed by atoms with Gasteiger partial charge in [0.15, 0.2) is 0 Å². The molecule has 0 radical (unpaired) electrons. The first-order chi connectivity index (χ1) is 9.29. The molecule has 19 heavy (non-hydrogen) atoms. The number of aryl methyl sites for hydroxylation is 1. The van der Waals surface area contributed by atoms with E-state index in [1.54, 1.807) is 0 Å². The van der Waals surface area contributed by atoms with Gasteiger partial charge in [0.2, 0.25) is 0 Å². The summed E-state index contributed by atoms with van der Waals surface area (Å²) in [6, 6.07) is 9.81. The van der Waals surface area contributed by atoms with E-state index in [1.165, 1.54) is 30.4 Å². The molecular weight excluding hydrogens is 234 g/mol. The lowest BCUT2D eigenvalue weighted by molar-refractivity contribution is 0.141. The van der Waals surface area contributed by atoms with Crippen LogP contribution in [0, 0.1) is 6.92 Å². The van der Waals surface area contributed by atoms with Crippen LogP contribution < -0.4 is 5.32 Å². The fourth-order valence-corrected chi connectivity index (χ4v) is 2.40. The summed E-state index contributed by atoms with van der Waals surface area (Å²) in [7, 11) is 0. The molecule has 2 rings (SSSR count). The Morgan fingerprint density at radius 3 is 2.63 bits per heavy atom. The molecule has 0 bridgehead atoms. The zero-order chi connectivity index (χ0) is 13.5. The van der Waals surface area contributed by atoms with Gasteiger partial charge in [-0.05, 0) is 51.0 Å². The fraction of sp³-hybridized carbons (Fsp3) is 0.647. The maximum absolute atomic E-state index is 5.46. The summed E-state index contributed by atoms with van der Waals surface area (Å²) in [5.74, 6) is 0.627. The van der Waals surface area contributed by atoms with Crippen molar-refractivity contribution in [2.75, 3.05) is 19.8 Å². The highest BCUT2D eigenvalue weighted by Crippen LogP contribution is 2.24. The van der Waals surface area contributed by atoms with Crippen molar-refractivity contribution in [3.63, 3.8) is 0 Å². The Morgan fingerprint density at radius 2 is 2.00 bits per heavy atom. The standard InChI is InChI=1S/C17H27NO/c1-3-19-12-4-5-16(13-18-17-10-11-17)15-8-6-14(2)7-9-15/h6-9,16-18H,3-5,10-13H2,1-2H3. The van der Waals surface area contributed by atoms with Crippen LogP contribution in [0.25, 0.3) is 0 Å². The van der Waals surface area contributed by atoms with Crippen molar-refractivity contribution in [2.24, 2.45) is 0 Å². The van der Waals surface area contributed by atoms with E-state index in [4.69, 9.17) is 4.74 Å². The molecule has 1 atom stereocenters. The van der Waals surface area contributed by atoms with E-state index >= 15 is 0 Å². The third-order valence-corrected chi connectivity index (χ3v) is 3.82. The van der Waals surface area contributed by atoms with Crippen molar-refractivity contribution < 1.29 is 4.74 Å². The van der Waals surface area contributed by atoms with Crippen LogP contribution in [0.2, 0.25) is 0 Å². The van der Waals surface area contributed by atoms with Crippen molar-refractivity contribution in [2.45, 2.75) is 51.5 Å². The SMILES string of the molecule is CCOCCCC(CNC1CC1)c1ccc(C)cc1. The first-order valence-corrected chi connectivity index (χ1v) is 7.67. The maximum Gasteiger partial charge on any atom is 0.0466 e. The van der Waals surface area contributed by atoms with E-state index in [9.17, 15) is 0 Å². The average molecular weight is 261 g/mol. The largest absolute Gasteiger partial charge is 0.382 e. The molecule has 2 nitrogen and oxygen atoms in total. The van der Waals surface area contributed by atoms with E-state index in [0.29, 0.717) is 5.92 Å². The normalized spacial score (nSPS) is 16.5. The number of hydrogen-bond donors (Lipinski definition) is 1. The fourth-order valence-electron chi connectivity index (χ4n) is 2.40. The molecule has 0 saturated heterocycles. The van der Waals surface area contributed by atoms with E-state index in [2.05, 4.69) is 43.4 Å². The molecule has 1 saturated carbocycles. The van der Waals surface area contributed by atoms with Gasteiger partial charge in [0, 0.05) is 25.8 Å². The van der Waals surface area contributed by atoms with Gasteiger partial charge < -0.3 is 10.1 Å². The van der Waals surface area contributed by atoms with Crippen molar-refractivity contribution >= 4 is 0 Å². The van der Waals surface area contributed by atoms with Gasteiger partial charge in [-0.15, -0.1) is 0 Å². The van der Waals surface area contributed by atoms with Gasteiger partial charge in [0.25, 0.3) is 0 Å². The van der Waals surface area contributed by atoms with E-state index < -0.39 is 0 Å². The molecule has 1 aromatic rings. The second-order valence-corrected chi connectivity index (χ2v) is 5.63. The number of hydrogen-bond acceptors (Lipinski definition) is 2. The first-order valence-electron chi connectivity index (χ1n) is 7.67. The van der Waals surface area contributed by atoms with E-state index in [1.807, 2.05) is 0 Å². The van der Waals surface area contributed by atoms with Gasteiger partial charge >= 0.3 is 0 Å². The van der Waals surface area contributed by atoms with Crippen molar-refractivity contribution in [1.82, 2.24) is 5.32 Å². The third-order valence-electron chi connectivity index (χ3n) is 3.82. The third kappa shape index (κ3) is 5.33. The van der Waals surface area contributed by atoms with Crippen LogP contribution >= 0.6 is 0 Å². The van der Waals surface area contributed by atoms with E-state index in [-0.39, 0.29) is 0 Å². The first kappa shape index (κ1) is 14.5. The topological polar surface area (TPSA) is 21.3 Å². The second kappa shape index (κ2) is 7.66. The van der Waals surface area contributed by atoms with Crippen LogP contribution in [0.1, 0.15) is 49.7 Å². The molecule has 0 heterocycles. The Morgan fingerprint density at radius 1 is 1.26 bits per heavy atom. The number of rotatable bonds is 9. The lowest BCUT2D eigenvalue weighted by Crippen LogP contribution is -2.23. The highest BCUT2D eigenvalue weighted by atomic mass is 16.5. The summed E-state index contributed by atoms with van der Waals surface area (Å²) in [5, 5.41) is 3.67. The van der Waals surface area contributed by atoms with Crippen molar-refractivity contribution in [1.29, 1.82) is 0 Å². The number of ether oxygens (including phenoxy) is 1.